The van der Waals surface area contributed by atoms with Crippen LogP contribution in [0.15, 0.2) is 31.0 Å². The number of hydrogen-bond donors (Lipinski definition) is 10. The number of fused-ring (bicyclic) bond motifs is 1. The summed E-state index contributed by atoms with van der Waals surface area (Å²) in [6.45, 7) is -3.32. The molecule has 2 aromatic rings. The molecule has 0 amide bonds. The van der Waals surface area contributed by atoms with Gasteiger partial charge in [0.15, 0.2) is 29.6 Å². The number of phosphoric acid groups is 1. The molecule has 2 aliphatic rings. The van der Waals surface area contributed by atoms with Gasteiger partial charge in [0, 0.05) is 0 Å². The lowest BCUT2D eigenvalue weighted by Crippen LogP contribution is -2.61. The van der Waals surface area contributed by atoms with Crippen LogP contribution >= 0.6 is 26.9 Å². The molecule has 20 nitrogen and oxygen atoms in total. The number of aliphatic hydroxyl groups excluding tert-OH is 6. The molecule has 0 bridgehead atoms. The van der Waals surface area contributed by atoms with E-state index in [9.17, 15) is 44.7 Å². The number of thiol groups is 1. The van der Waals surface area contributed by atoms with Gasteiger partial charge in [-0.15, -0.1) is 5.73 Å². The average molecular weight is 673 g/mol. The molecule has 0 aromatic carbocycles. The lowest BCUT2D eigenvalue weighted by molar-refractivity contribution is -0.292. The Balaban J connectivity index is 1.46. The summed E-state index contributed by atoms with van der Waals surface area (Å²) in [6, 6.07) is 0. The van der Waals surface area contributed by atoms with Crippen molar-refractivity contribution in [3.63, 3.8) is 0 Å². The number of ether oxygens (including phenoxy) is 2. The van der Waals surface area contributed by atoms with E-state index in [0.717, 1.165) is 12.4 Å². The maximum absolute atomic E-state index is 12.8. The largest absolute Gasteiger partial charge is 0.482 e. The van der Waals surface area contributed by atoms with Crippen LogP contribution in [0, 0.1) is 0 Å². The summed E-state index contributed by atoms with van der Waals surface area (Å²) < 4.78 is 51.5. The molecule has 0 saturated carbocycles. The Morgan fingerprint density at radius 3 is 2.56 bits per heavy atom. The van der Waals surface area contributed by atoms with Crippen molar-refractivity contribution in [2.45, 2.75) is 60.8 Å². The quantitative estimate of drug-likeness (QED) is 0.0649. The zero-order valence-electron chi connectivity index (χ0n) is 21.7. The van der Waals surface area contributed by atoms with Crippen LogP contribution in [0.2, 0.25) is 0 Å². The number of hydrogen-bond acceptors (Lipinski definition) is 18. The first-order valence-corrected chi connectivity index (χ1v) is 16.3. The number of aliphatic hydroxyl groups is 7. The van der Waals surface area contributed by atoms with Gasteiger partial charge in [0.1, 0.15) is 54.6 Å². The van der Waals surface area contributed by atoms with E-state index in [2.05, 4.69) is 48.3 Å². The lowest BCUT2D eigenvalue weighted by atomic mass is 9.94. The average Bonchev–Trinajstić information content (AvgIpc) is 3.46. The fourth-order valence-corrected chi connectivity index (χ4v) is 7.62. The van der Waals surface area contributed by atoms with E-state index in [4.69, 9.17) is 24.8 Å². The highest BCUT2D eigenvalue weighted by Gasteiger charge is 2.56. The molecule has 2 aliphatic heterocycles. The zero-order chi connectivity index (χ0) is 31.9. The van der Waals surface area contributed by atoms with Gasteiger partial charge in [-0.2, -0.15) is 4.31 Å². The van der Waals surface area contributed by atoms with Crippen LogP contribution in [0.4, 0.5) is 5.82 Å². The number of phosphoric ester groups is 1. The number of rotatable bonds is 11. The Bertz CT molecular complexity index is 1460. The third kappa shape index (κ3) is 6.89. The van der Waals surface area contributed by atoms with E-state index >= 15 is 0 Å². The Labute approximate surface area is 246 Å². The highest BCUT2D eigenvalue weighted by molar-refractivity contribution is 8.45. The first kappa shape index (κ1) is 34.0. The van der Waals surface area contributed by atoms with Gasteiger partial charge < -0.3 is 55.8 Å². The fraction of sp³-hybridized carbons (Fsp3) is 0.600. The zero-order valence-corrected chi connectivity index (χ0v) is 24.4. The van der Waals surface area contributed by atoms with E-state index < -0.39 is 88.7 Å². The predicted octanol–water partition coefficient (Wildman–Crippen LogP) is -2.91. The van der Waals surface area contributed by atoms with Gasteiger partial charge in [-0.1, -0.05) is 18.8 Å². The van der Waals surface area contributed by atoms with E-state index in [1.165, 1.54) is 10.9 Å². The number of anilines is 1. The van der Waals surface area contributed by atoms with Crippen molar-refractivity contribution in [3.8, 4) is 0 Å². The summed E-state index contributed by atoms with van der Waals surface area (Å²) in [4.78, 5) is 22.1. The molecule has 4 rings (SSSR count). The smallest absolute Gasteiger partial charge is 0.394 e. The van der Waals surface area contributed by atoms with Gasteiger partial charge in [0.05, 0.1) is 19.5 Å². The van der Waals surface area contributed by atoms with Crippen molar-refractivity contribution in [2.75, 3.05) is 18.9 Å². The minimum Gasteiger partial charge on any atom is -0.394 e. The normalized spacial score (nSPS) is 36.5. The summed E-state index contributed by atoms with van der Waals surface area (Å²) >= 11 is 3.60. The molecular weight excluding hydrogens is 644 g/mol. The minimum absolute atomic E-state index is 0.0192. The summed E-state index contributed by atoms with van der Waals surface area (Å²) in [5.74, 6) is 0.0192. The monoisotopic (exact) mass is 673 g/mol. The molecular formula is C20H29N5O15P2S. The number of imidazole rings is 1. The van der Waals surface area contributed by atoms with Gasteiger partial charge in [-0.3, -0.25) is 13.6 Å². The number of nitrogen functional groups attached to an aromatic ring is 1. The van der Waals surface area contributed by atoms with Crippen molar-refractivity contribution in [3.05, 3.63) is 31.0 Å². The highest BCUT2D eigenvalue weighted by atomic mass is 32.7. The number of aromatic nitrogens is 4. The number of nitrogens with zero attached hydrogens (tertiary/aromatic N) is 4. The number of nitrogens with two attached hydrogens (primary N) is 1. The van der Waals surface area contributed by atoms with Gasteiger partial charge >= 0.3 is 14.6 Å². The van der Waals surface area contributed by atoms with E-state index in [0.29, 0.717) is 0 Å². The van der Waals surface area contributed by atoms with Crippen LogP contribution in [0.5, 0.6) is 0 Å². The Kier molecular flexibility index (Phi) is 10.2. The molecule has 4 heterocycles. The van der Waals surface area contributed by atoms with Crippen LogP contribution in [-0.2, 0) is 32.0 Å². The predicted molar refractivity (Wildman–Crippen MR) is 143 cm³/mol. The second-order valence-corrected chi connectivity index (χ2v) is 13.9. The molecule has 10 N–H and O–H groups in total. The Hall–Kier alpha value is -1.84. The molecule has 12 atom stereocenters. The summed E-state index contributed by atoms with van der Waals surface area (Å²) in [5, 5.41) is 71.1. The molecule has 240 valence electrons. The maximum Gasteiger partial charge on any atom is 0.482 e. The van der Waals surface area contributed by atoms with Crippen LogP contribution in [-0.4, -0.2) is 128 Å². The van der Waals surface area contributed by atoms with Crippen molar-refractivity contribution in [2.24, 2.45) is 0 Å². The summed E-state index contributed by atoms with van der Waals surface area (Å²) in [5.41, 5.74) is 6.17. The molecule has 43 heavy (non-hydrogen) atoms. The van der Waals surface area contributed by atoms with Crippen molar-refractivity contribution < 1.29 is 72.6 Å². The maximum atomic E-state index is 12.8. The molecule has 2 saturated heterocycles. The first-order chi connectivity index (χ1) is 20.0. The van der Waals surface area contributed by atoms with Gasteiger partial charge in [-0.05, 0) is 6.08 Å². The van der Waals surface area contributed by atoms with Gasteiger partial charge in [0.2, 0.25) is 0 Å². The summed E-state index contributed by atoms with van der Waals surface area (Å²) in [7, 11) is -5.53. The van der Waals surface area contributed by atoms with Crippen molar-refractivity contribution >= 4 is 43.9 Å². The summed E-state index contributed by atoms with van der Waals surface area (Å²) in [6.07, 6.45) is -13.4. The van der Waals surface area contributed by atoms with Crippen molar-refractivity contribution in [1.82, 2.24) is 19.5 Å². The van der Waals surface area contributed by atoms with E-state index in [1.54, 1.807) is 0 Å². The topological polar surface area (TPSA) is 312 Å². The van der Waals surface area contributed by atoms with Crippen molar-refractivity contribution in [1.29, 1.82) is 0 Å². The van der Waals surface area contributed by atoms with E-state index in [1.807, 2.05) is 0 Å². The molecule has 2 aromatic heterocycles. The molecule has 23 heteroatoms. The van der Waals surface area contributed by atoms with Gasteiger partial charge in [0.25, 0.3) is 0 Å². The second kappa shape index (κ2) is 12.9. The van der Waals surface area contributed by atoms with Gasteiger partial charge in [-0.25, -0.2) is 24.1 Å². The second-order valence-electron chi connectivity index (χ2n) is 9.40. The van der Waals surface area contributed by atoms with Crippen LogP contribution in [0.3, 0.4) is 0 Å². The SMILES string of the molecule is C=C=C[C@@]1(O)[C@H](O)[C@@H](COP(=O)(S)OP(=O)(O)OC2OC([C@@H](O)CO)C(O)C(O)C2O)O[C@H]1n1cnc2c(N)ncnc21. The third-order valence-electron chi connectivity index (χ3n) is 6.52. The fourth-order valence-electron chi connectivity index (χ4n) is 4.43. The molecule has 7 unspecified atom stereocenters. The van der Waals surface area contributed by atoms with Crippen LogP contribution in [0.1, 0.15) is 6.23 Å². The van der Waals surface area contributed by atoms with E-state index in [-0.39, 0.29) is 17.0 Å². The lowest BCUT2D eigenvalue weighted by Gasteiger charge is -2.41. The standard InChI is InChI=1S/C20H29N5O15P2S/c1-2-3-20(32)15(31)9(37-19(20)25-7-24-10-16(21)22-6-23-17(10)25)5-36-42(35,43)40-41(33,34)39-18-13(30)11(28)12(29)14(38-18)8(27)4-26/h3,6-9,11-15,18-19,26-32H,1,4-5H2,(H,33,34)(H,35,43)(H2,21,22,23)/t8-,9+,11?,12?,13?,14?,15+,18?,19+,20+,42?/m0/s1. The molecule has 2 fully saturated rings. The highest BCUT2D eigenvalue weighted by Crippen LogP contribution is 2.66. The molecule has 0 radical (unpaired) electrons. The molecule has 0 aliphatic carbocycles. The van der Waals surface area contributed by atoms with Crippen LogP contribution in [0.25, 0.3) is 11.2 Å². The Morgan fingerprint density at radius 2 is 1.91 bits per heavy atom. The van der Waals surface area contributed by atoms with Crippen LogP contribution < -0.4 is 5.73 Å². The minimum atomic E-state index is -5.53. The third-order valence-corrected chi connectivity index (χ3v) is 10.1. The first-order valence-electron chi connectivity index (χ1n) is 12.1. The molecule has 0 spiro atoms. The Morgan fingerprint density at radius 1 is 1.21 bits per heavy atom.